The Morgan fingerprint density at radius 2 is 2.20 bits per heavy atom. The molecule has 1 aliphatic rings. The van der Waals surface area contributed by atoms with Crippen molar-refractivity contribution >= 4 is 0 Å². The van der Waals surface area contributed by atoms with Gasteiger partial charge in [0, 0.05) is 12.6 Å². The van der Waals surface area contributed by atoms with Crippen LogP contribution in [0.15, 0.2) is 18.2 Å². The molecular formula is C17H27FN2. The van der Waals surface area contributed by atoms with Gasteiger partial charge in [-0.2, -0.15) is 0 Å². The molecule has 1 fully saturated rings. The lowest BCUT2D eigenvalue weighted by atomic mass is 10.0. The molecule has 112 valence electrons. The first-order valence-electron chi connectivity index (χ1n) is 7.86. The minimum Gasteiger partial charge on any atom is -0.313 e. The lowest BCUT2D eigenvalue weighted by Gasteiger charge is -2.33. The first-order chi connectivity index (χ1) is 9.66. The second-order valence-electron chi connectivity index (χ2n) is 5.99. The first kappa shape index (κ1) is 15.5. The van der Waals surface area contributed by atoms with Gasteiger partial charge in [0.15, 0.2) is 0 Å². The van der Waals surface area contributed by atoms with Gasteiger partial charge in [0.1, 0.15) is 5.82 Å². The molecule has 1 saturated heterocycles. The number of nitrogens with zero attached hydrogens (tertiary/aromatic N) is 1. The maximum absolute atomic E-state index is 13.4. The van der Waals surface area contributed by atoms with Crippen LogP contribution in [-0.4, -0.2) is 30.6 Å². The molecule has 1 atom stereocenters. The lowest BCUT2D eigenvalue weighted by molar-refractivity contribution is 0.159. The Morgan fingerprint density at radius 1 is 1.35 bits per heavy atom. The molecule has 2 nitrogen and oxygen atoms in total. The normalized spacial score (nSPS) is 20.2. The zero-order valence-electron chi connectivity index (χ0n) is 12.8. The van der Waals surface area contributed by atoms with Gasteiger partial charge in [0.05, 0.1) is 0 Å². The van der Waals surface area contributed by atoms with Crippen molar-refractivity contribution in [1.82, 2.24) is 10.2 Å². The van der Waals surface area contributed by atoms with Gasteiger partial charge in [-0.1, -0.05) is 18.6 Å². The second kappa shape index (κ2) is 7.75. The van der Waals surface area contributed by atoms with E-state index in [4.69, 9.17) is 0 Å². The predicted molar refractivity (Wildman–Crippen MR) is 82.3 cm³/mol. The fourth-order valence-corrected chi connectivity index (χ4v) is 2.88. The third kappa shape index (κ3) is 4.57. The molecule has 0 saturated carbocycles. The highest BCUT2D eigenvalue weighted by Gasteiger charge is 2.16. The molecule has 1 aliphatic heterocycles. The average molecular weight is 278 g/mol. The standard InChI is InChI=1S/C17H27FN2/c1-14-7-8-16(12-17(14)18)13-19-9-5-11-20-10-4-3-6-15(20)2/h7-8,12,15,19H,3-6,9-11,13H2,1-2H3. The van der Waals surface area contributed by atoms with Crippen LogP contribution in [0.25, 0.3) is 0 Å². The molecule has 0 amide bonds. The molecule has 0 spiro atoms. The van der Waals surface area contributed by atoms with Crippen molar-refractivity contribution in [3.05, 3.63) is 35.1 Å². The minimum atomic E-state index is -0.105. The van der Waals surface area contributed by atoms with E-state index in [2.05, 4.69) is 17.1 Å². The highest BCUT2D eigenvalue weighted by atomic mass is 19.1. The van der Waals surface area contributed by atoms with Crippen LogP contribution >= 0.6 is 0 Å². The van der Waals surface area contributed by atoms with Crippen molar-refractivity contribution in [2.24, 2.45) is 0 Å². The molecule has 3 heteroatoms. The third-order valence-electron chi connectivity index (χ3n) is 4.30. The molecule has 20 heavy (non-hydrogen) atoms. The van der Waals surface area contributed by atoms with Crippen LogP contribution in [0.3, 0.4) is 0 Å². The van der Waals surface area contributed by atoms with Gasteiger partial charge in [-0.05, 0) is 69.9 Å². The van der Waals surface area contributed by atoms with E-state index >= 15 is 0 Å². The van der Waals surface area contributed by atoms with Crippen molar-refractivity contribution in [3.63, 3.8) is 0 Å². The molecular weight excluding hydrogens is 251 g/mol. The Bertz CT molecular complexity index is 419. The largest absolute Gasteiger partial charge is 0.313 e. The predicted octanol–water partition coefficient (Wildman–Crippen LogP) is 3.49. The van der Waals surface area contributed by atoms with Crippen LogP contribution in [-0.2, 0) is 6.54 Å². The fraction of sp³-hybridized carbons (Fsp3) is 0.647. The number of aryl methyl sites for hydroxylation is 1. The minimum absolute atomic E-state index is 0.105. The van der Waals surface area contributed by atoms with E-state index in [0.29, 0.717) is 5.56 Å². The number of benzene rings is 1. The van der Waals surface area contributed by atoms with Crippen molar-refractivity contribution in [2.45, 2.75) is 52.1 Å². The van der Waals surface area contributed by atoms with Crippen molar-refractivity contribution in [3.8, 4) is 0 Å². The summed E-state index contributed by atoms with van der Waals surface area (Å²) in [7, 11) is 0. The van der Waals surface area contributed by atoms with E-state index in [0.717, 1.165) is 24.7 Å². The number of likely N-dealkylation sites (tertiary alicyclic amines) is 1. The third-order valence-corrected chi connectivity index (χ3v) is 4.30. The summed E-state index contributed by atoms with van der Waals surface area (Å²) < 4.78 is 13.4. The molecule has 0 radical (unpaired) electrons. The van der Waals surface area contributed by atoms with Crippen LogP contribution in [0.2, 0.25) is 0 Å². The molecule has 1 N–H and O–H groups in total. The summed E-state index contributed by atoms with van der Waals surface area (Å²) in [6.07, 6.45) is 5.24. The van der Waals surface area contributed by atoms with Gasteiger partial charge in [-0.25, -0.2) is 4.39 Å². The van der Waals surface area contributed by atoms with E-state index in [9.17, 15) is 4.39 Å². The Labute approximate surface area is 122 Å². The summed E-state index contributed by atoms with van der Waals surface area (Å²) in [5, 5.41) is 3.41. The maximum atomic E-state index is 13.4. The van der Waals surface area contributed by atoms with Crippen LogP contribution in [0, 0.1) is 12.7 Å². The lowest BCUT2D eigenvalue weighted by Crippen LogP contribution is -2.38. The number of halogens is 1. The van der Waals surface area contributed by atoms with Gasteiger partial charge in [-0.15, -0.1) is 0 Å². The Morgan fingerprint density at radius 3 is 2.95 bits per heavy atom. The van der Waals surface area contributed by atoms with E-state index in [1.54, 1.807) is 13.0 Å². The van der Waals surface area contributed by atoms with Gasteiger partial charge in [0.2, 0.25) is 0 Å². The Kier molecular flexibility index (Phi) is 5.99. The molecule has 0 aliphatic carbocycles. The van der Waals surface area contributed by atoms with Crippen LogP contribution in [0.4, 0.5) is 4.39 Å². The van der Waals surface area contributed by atoms with Crippen molar-refractivity contribution < 1.29 is 4.39 Å². The van der Waals surface area contributed by atoms with E-state index in [1.165, 1.54) is 38.8 Å². The van der Waals surface area contributed by atoms with Crippen LogP contribution in [0.1, 0.15) is 43.7 Å². The Hall–Kier alpha value is -0.930. The summed E-state index contributed by atoms with van der Waals surface area (Å²) >= 11 is 0. The highest BCUT2D eigenvalue weighted by Crippen LogP contribution is 2.16. The number of rotatable bonds is 6. The topological polar surface area (TPSA) is 15.3 Å². The van der Waals surface area contributed by atoms with Crippen LogP contribution in [0.5, 0.6) is 0 Å². The zero-order chi connectivity index (χ0) is 14.4. The molecule has 0 aromatic heterocycles. The summed E-state index contributed by atoms with van der Waals surface area (Å²) in [5.74, 6) is -0.105. The number of nitrogens with one attached hydrogen (secondary N) is 1. The van der Waals surface area contributed by atoms with Crippen molar-refractivity contribution in [2.75, 3.05) is 19.6 Å². The van der Waals surface area contributed by atoms with Gasteiger partial charge in [0.25, 0.3) is 0 Å². The van der Waals surface area contributed by atoms with E-state index in [1.807, 2.05) is 12.1 Å². The van der Waals surface area contributed by atoms with E-state index < -0.39 is 0 Å². The molecule has 1 unspecified atom stereocenters. The summed E-state index contributed by atoms with van der Waals surface area (Å²) in [6.45, 7) is 8.32. The summed E-state index contributed by atoms with van der Waals surface area (Å²) in [4.78, 5) is 2.59. The maximum Gasteiger partial charge on any atom is 0.126 e. The molecule has 1 aromatic rings. The SMILES string of the molecule is Cc1ccc(CNCCCN2CCCCC2C)cc1F. The fourth-order valence-electron chi connectivity index (χ4n) is 2.88. The Balaban J connectivity index is 1.62. The number of piperidine rings is 1. The van der Waals surface area contributed by atoms with Gasteiger partial charge >= 0.3 is 0 Å². The van der Waals surface area contributed by atoms with Crippen LogP contribution < -0.4 is 5.32 Å². The van der Waals surface area contributed by atoms with E-state index in [-0.39, 0.29) is 5.82 Å². The second-order valence-corrected chi connectivity index (χ2v) is 5.99. The zero-order valence-corrected chi connectivity index (χ0v) is 12.8. The van der Waals surface area contributed by atoms with Crippen molar-refractivity contribution in [1.29, 1.82) is 0 Å². The molecule has 2 rings (SSSR count). The molecule has 1 heterocycles. The van der Waals surface area contributed by atoms with Gasteiger partial charge < -0.3 is 10.2 Å². The smallest absolute Gasteiger partial charge is 0.126 e. The highest BCUT2D eigenvalue weighted by molar-refractivity contribution is 5.23. The summed E-state index contributed by atoms with van der Waals surface area (Å²) in [6, 6.07) is 6.23. The summed E-state index contributed by atoms with van der Waals surface area (Å²) in [5.41, 5.74) is 1.74. The van der Waals surface area contributed by atoms with Gasteiger partial charge in [-0.3, -0.25) is 0 Å². The quantitative estimate of drug-likeness (QED) is 0.801. The number of hydrogen-bond donors (Lipinski definition) is 1. The monoisotopic (exact) mass is 278 g/mol. The molecule has 0 bridgehead atoms. The first-order valence-corrected chi connectivity index (χ1v) is 7.86. The molecule has 1 aromatic carbocycles. The average Bonchev–Trinajstić information content (AvgIpc) is 2.44. The number of hydrogen-bond acceptors (Lipinski definition) is 2.